The first-order valence-electron chi connectivity index (χ1n) is 6.70. The van der Waals surface area contributed by atoms with Crippen LogP contribution in [0.1, 0.15) is 24.2 Å². The first-order valence-corrected chi connectivity index (χ1v) is 6.70. The molecule has 2 nitrogen and oxygen atoms in total. The molecule has 0 unspecified atom stereocenters. The Hall–Kier alpha value is -2.19. The van der Waals surface area contributed by atoms with E-state index < -0.39 is 5.60 Å². The van der Waals surface area contributed by atoms with Gasteiger partial charge in [-0.1, -0.05) is 66.7 Å². The van der Waals surface area contributed by atoms with Gasteiger partial charge in [-0.2, -0.15) is 0 Å². The second kappa shape index (κ2) is 5.06. The van der Waals surface area contributed by atoms with E-state index in [1.807, 2.05) is 73.7 Å². The first kappa shape index (κ1) is 12.8. The van der Waals surface area contributed by atoms with E-state index >= 15 is 0 Å². The van der Waals surface area contributed by atoms with E-state index in [4.69, 9.17) is 4.74 Å². The maximum Gasteiger partial charge on any atom is 0.190 e. The van der Waals surface area contributed by atoms with Crippen LogP contribution in [0.5, 0.6) is 0 Å². The highest BCUT2D eigenvalue weighted by atomic mass is 16.6. The Labute approximate surface area is 118 Å². The van der Waals surface area contributed by atoms with Crippen LogP contribution in [0.25, 0.3) is 6.08 Å². The van der Waals surface area contributed by atoms with Gasteiger partial charge in [0.05, 0.1) is 0 Å². The standard InChI is InChI=1S/C18H16O2/c1-18(17(20-18)15-10-6-3-7-11-15)16(19)13-12-14-8-4-2-5-9-14/h2-13,17H,1H3/b13-12+/t17-,18-/m1/s1. The van der Waals surface area contributed by atoms with Crippen molar-refractivity contribution in [3.8, 4) is 0 Å². The minimum absolute atomic E-state index is 0.00945. The molecule has 2 aromatic rings. The molecule has 1 fully saturated rings. The summed E-state index contributed by atoms with van der Waals surface area (Å²) in [6.07, 6.45) is 3.31. The lowest BCUT2D eigenvalue weighted by atomic mass is 9.96. The van der Waals surface area contributed by atoms with Crippen LogP contribution >= 0.6 is 0 Å². The normalized spacial score (nSPS) is 24.8. The van der Waals surface area contributed by atoms with Gasteiger partial charge in [0.1, 0.15) is 6.10 Å². The number of hydrogen-bond donors (Lipinski definition) is 0. The van der Waals surface area contributed by atoms with Gasteiger partial charge in [-0.05, 0) is 24.1 Å². The van der Waals surface area contributed by atoms with E-state index in [1.165, 1.54) is 0 Å². The van der Waals surface area contributed by atoms with Gasteiger partial charge in [0.25, 0.3) is 0 Å². The van der Waals surface area contributed by atoms with Gasteiger partial charge in [-0.15, -0.1) is 0 Å². The highest BCUT2D eigenvalue weighted by Crippen LogP contribution is 2.50. The molecule has 100 valence electrons. The molecular formula is C18H16O2. The largest absolute Gasteiger partial charge is 0.353 e. The molecular weight excluding hydrogens is 248 g/mol. The van der Waals surface area contributed by atoms with Crippen molar-refractivity contribution in [1.29, 1.82) is 0 Å². The number of epoxide rings is 1. The number of benzene rings is 2. The van der Waals surface area contributed by atoms with Crippen molar-refractivity contribution in [3.63, 3.8) is 0 Å². The topological polar surface area (TPSA) is 29.6 Å². The van der Waals surface area contributed by atoms with Crippen LogP contribution in [0.3, 0.4) is 0 Å². The number of carbonyl (C=O) groups excluding carboxylic acids is 1. The van der Waals surface area contributed by atoms with Crippen molar-refractivity contribution in [2.75, 3.05) is 0 Å². The molecule has 3 rings (SSSR count). The summed E-state index contributed by atoms with van der Waals surface area (Å²) < 4.78 is 5.64. The van der Waals surface area contributed by atoms with E-state index in [-0.39, 0.29) is 11.9 Å². The molecule has 0 N–H and O–H groups in total. The Morgan fingerprint density at radius 3 is 2.30 bits per heavy atom. The second-order valence-corrected chi connectivity index (χ2v) is 5.12. The molecule has 0 amide bonds. The zero-order valence-corrected chi connectivity index (χ0v) is 11.3. The predicted molar refractivity (Wildman–Crippen MR) is 79.2 cm³/mol. The van der Waals surface area contributed by atoms with E-state index in [0.717, 1.165) is 11.1 Å². The molecule has 2 atom stereocenters. The third-order valence-corrected chi connectivity index (χ3v) is 3.62. The predicted octanol–water partition coefficient (Wildman–Crippen LogP) is 3.80. The number of carbonyl (C=O) groups is 1. The van der Waals surface area contributed by atoms with Gasteiger partial charge >= 0.3 is 0 Å². The first-order chi connectivity index (χ1) is 9.70. The van der Waals surface area contributed by atoms with Crippen LogP contribution in [-0.2, 0) is 9.53 Å². The monoisotopic (exact) mass is 264 g/mol. The maximum atomic E-state index is 12.3. The van der Waals surface area contributed by atoms with Gasteiger partial charge in [-0.3, -0.25) is 4.79 Å². The van der Waals surface area contributed by atoms with Crippen molar-refractivity contribution >= 4 is 11.9 Å². The van der Waals surface area contributed by atoms with E-state index in [2.05, 4.69) is 0 Å². The lowest BCUT2D eigenvalue weighted by Crippen LogP contribution is -2.18. The Morgan fingerprint density at radius 1 is 1.05 bits per heavy atom. The molecule has 1 saturated heterocycles. The van der Waals surface area contributed by atoms with Gasteiger partial charge in [0.15, 0.2) is 11.4 Å². The van der Waals surface area contributed by atoms with Crippen molar-refractivity contribution in [1.82, 2.24) is 0 Å². The summed E-state index contributed by atoms with van der Waals surface area (Å²) in [5.74, 6) is 0.00945. The fourth-order valence-corrected chi connectivity index (χ4v) is 2.31. The molecule has 1 heterocycles. The van der Waals surface area contributed by atoms with Crippen LogP contribution in [0, 0.1) is 0 Å². The van der Waals surface area contributed by atoms with Crippen LogP contribution in [0.4, 0.5) is 0 Å². The number of ether oxygens (including phenoxy) is 1. The summed E-state index contributed by atoms with van der Waals surface area (Å²) in [7, 11) is 0. The summed E-state index contributed by atoms with van der Waals surface area (Å²) in [5, 5.41) is 0. The molecule has 1 aliphatic rings. The van der Waals surface area contributed by atoms with Crippen molar-refractivity contribution in [2.45, 2.75) is 18.6 Å². The molecule has 2 aromatic carbocycles. The highest BCUT2D eigenvalue weighted by molar-refractivity contribution is 6.02. The molecule has 20 heavy (non-hydrogen) atoms. The average Bonchev–Trinajstić information content (AvgIpc) is 3.20. The van der Waals surface area contributed by atoms with Crippen molar-refractivity contribution < 1.29 is 9.53 Å². The van der Waals surface area contributed by atoms with E-state index in [9.17, 15) is 4.79 Å². The highest BCUT2D eigenvalue weighted by Gasteiger charge is 2.57. The third kappa shape index (κ3) is 2.43. The Bertz CT molecular complexity index is 631. The average molecular weight is 264 g/mol. The van der Waals surface area contributed by atoms with Crippen molar-refractivity contribution in [2.24, 2.45) is 0 Å². The summed E-state index contributed by atoms with van der Waals surface area (Å²) >= 11 is 0. The van der Waals surface area contributed by atoms with Crippen LogP contribution < -0.4 is 0 Å². The number of hydrogen-bond acceptors (Lipinski definition) is 2. The maximum absolute atomic E-state index is 12.3. The van der Waals surface area contributed by atoms with Gasteiger partial charge in [0.2, 0.25) is 0 Å². The third-order valence-electron chi connectivity index (χ3n) is 3.62. The molecule has 0 saturated carbocycles. The van der Waals surface area contributed by atoms with E-state index in [0.29, 0.717) is 0 Å². The van der Waals surface area contributed by atoms with Crippen LogP contribution in [0.15, 0.2) is 66.7 Å². The minimum atomic E-state index is -0.716. The zero-order valence-electron chi connectivity index (χ0n) is 11.3. The molecule has 2 heteroatoms. The summed E-state index contributed by atoms with van der Waals surface area (Å²) in [5.41, 5.74) is 1.35. The van der Waals surface area contributed by atoms with Gasteiger partial charge in [0, 0.05) is 0 Å². The smallest absolute Gasteiger partial charge is 0.190 e. The minimum Gasteiger partial charge on any atom is -0.353 e. The fourth-order valence-electron chi connectivity index (χ4n) is 2.31. The molecule has 0 aromatic heterocycles. The summed E-state index contributed by atoms with van der Waals surface area (Å²) in [6.45, 7) is 1.85. The molecule has 1 aliphatic heterocycles. The van der Waals surface area contributed by atoms with Gasteiger partial charge < -0.3 is 4.74 Å². The van der Waals surface area contributed by atoms with E-state index in [1.54, 1.807) is 6.08 Å². The zero-order chi connectivity index (χ0) is 14.0. The number of rotatable bonds is 4. The Morgan fingerprint density at radius 2 is 1.65 bits per heavy atom. The molecule has 0 spiro atoms. The molecule has 0 radical (unpaired) electrons. The summed E-state index contributed by atoms with van der Waals surface area (Å²) in [4.78, 5) is 12.3. The Kier molecular flexibility index (Phi) is 3.25. The Balaban J connectivity index is 1.71. The SMILES string of the molecule is C[C@]1(C(=O)/C=C/c2ccccc2)O[C@@H]1c1ccccc1. The molecule has 0 bridgehead atoms. The number of ketones is 1. The van der Waals surface area contributed by atoms with Crippen molar-refractivity contribution in [3.05, 3.63) is 77.9 Å². The lowest BCUT2D eigenvalue weighted by molar-refractivity contribution is -0.118. The second-order valence-electron chi connectivity index (χ2n) is 5.12. The summed E-state index contributed by atoms with van der Waals surface area (Å²) in [6, 6.07) is 19.6. The lowest BCUT2D eigenvalue weighted by Gasteiger charge is -2.01. The molecule has 0 aliphatic carbocycles. The van der Waals surface area contributed by atoms with Crippen LogP contribution in [-0.4, -0.2) is 11.4 Å². The van der Waals surface area contributed by atoms with Gasteiger partial charge in [-0.25, -0.2) is 0 Å². The van der Waals surface area contributed by atoms with Crippen LogP contribution in [0.2, 0.25) is 0 Å². The quantitative estimate of drug-likeness (QED) is 0.621. The fraction of sp³-hybridized carbons (Fsp3) is 0.167.